The fraction of sp³-hybridized carbons (Fsp3) is 0.292. The quantitative estimate of drug-likeness (QED) is 0.577. The van der Waals surface area contributed by atoms with Gasteiger partial charge in [0.05, 0.1) is 6.10 Å². The van der Waals surface area contributed by atoms with Crippen LogP contribution < -0.4 is 10.9 Å². The van der Waals surface area contributed by atoms with Gasteiger partial charge in [-0.25, -0.2) is 4.79 Å². The van der Waals surface area contributed by atoms with Crippen LogP contribution in [0.4, 0.5) is 0 Å². The van der Waals surface area contributed by atoms with E-state index in [9.17, 15) is 14.4 Å². The number of rotatable bonds is 6. The van der Waals surface area contributed by atoms with Crippen LogP contribution in [-0.4, -0.2) is 42.3 Å². The topological polar surface area (TPSA) is 86.6 Å². The highest BCUT2D eigenvalue weighted by molar-refractivity contribution is 6.30. The van der Waals surface area contributed by atoms with Crippen LogP contribution in [-0.2, 0) is 21.3 Å². The van der Waals surface area contributed by atoms with Crippen LogP contribution in [0.1, 0.15) is 23.3 Å². The molecule has 1 atom stereocenters. The van der Waals surface area contributed by atoms with Gasteiger partial charge in [-0.05, 0) is 42.0 Å². The molecule has 7 nitrogen and oxygen atoms in total. The summed E-state index contributed by atoms with van der Waals surface area (Å²) >= 11 is 6.04. The average Bonchev–Trinajstić information content (AvgIpc) is 3.33. The van der Waals surface area contributed by atoms with E-state index in [1.807, 2.05) is 0 Å². The Morgan fingerprint density at radius 3 is 2.56 bits per heavy atom. The van der Waals surface area contributed by atoms with E-state index >= 15 is 0 Å². The van der Waals surface area contributed by atoms with Crippen molar-refractivity contribution in [2.45, 2.75) is 18.9 Å². The first-order valence-corrected chi connectivity index (χ1v) is 10.8. The Balaban J connectivity index is 1.65. The Bertz CT molecular complexity index is 1210. The minimum atomic E-state index is -0.757. The molecular weight excluding hydrogens is 432 g/mol. The second-order valence-corrected chi connectivity index (χ2v) is 8.09. The number of aromatic nitrogens is 1. The predicted molar refractivity (Wildman–Crippen MR) is 122 cm³/mol. The van der Waals surface area contributed by atoms with Gasteiger partial charge in [0, 0.05) is 36.2 Å². The van der Waals surface area contributed by atoms with Crippen LogP contribution >= 0.6 is 11.6 Å². The molecule has 2 heterocycles. The Morgan fingerprint density at radius 1 is 1.16 bits per heavy atom. The molecule has 166 valence electrons. The number of amides is 1. The third-order valence-corrected chi connectivity index (χ3v) is 5.77. The van der Waals surface area contributed by atoms with Gasteiger partial charge in [-0.3, -0.25) is 9.59 Å². The number of carbonyl (C=O) groups excluding carboxylic acids is 2. The number of benzene rings is 2. The van der Waals surface area contributed by atoms with Crippen molar-refractivity contribution in [3.05, 3.63) is 69.6 Å². The van der Waals surface area contributed by atoms with Crippen molar-refractivity contribution in [2.24, 2.45) is 7.05 Å². The normalized spacial score (nSPS) is 15.6. The van der Waals surface area contributed by atoms with E-state index in [-0.39, 0.29) is 17.4 Å². The van der Waals surface area contributed by atoms with E-state index in [0.29, 0.717) is 40.1 Å². The highest BCUT2D eigenvalue weighted by Gasteiger charge is 2.24. The van der Waals surface area contributed by atoms with E-state index in [2.05, 4.69) is 5.32 Å². The van der Waals surface area contributed by atoms with Crippen LogP contribution in [0, 0.1) is 0 Å². The van der Waals surface area contributed by atoms with Crippen molar-refractivity contribution in [3.8, 4) is 11.1 Å². The van der Waals surface area contributed by atoms with Crippen molar-refractivity contribution in [1.82, 2.24) is 9.88 Å². The lowest BCUT2D eigenvalue weighted by Gasteiger charge is -2.17. The van der Waals surface area contributed by atoms with E-state index in [4.69, 9.17) is 21.1 Å². The third kappa shape index (κ3) is 4.54. The number of pyridine rings is 1. The monoisotopic (exact) mass is 454 g/mol. The SMILES string of the molecule is Cn1c(C(=O)OCC(=O)NCC2CCCO2)c(-c2ccc(Cl)cc2)c2ccccc2c1=O. The van der Waals surface area contributed by atoms with Crippen LogP contribution in [0.15, 0.2) is 53.3 Å². The standard InChI is InChI=1S/C24H23ClN2O5/c1-27-22(24(30)32-14-20(28)26-13-17-5-4-12-31-17)21(15-8-10-16(25)11-9-15)18-6-2-3-7-19(18)23(27)29/h2-3,6-11,17H,4-5,12-14H2,1H3,(H,26,28). The van der Waals surface area contributed by atoms with E-state index in [1.54, 1.807) is 48.5 Å². The minimum Gasteiger partial charge on any atom is -0.451 e. The van der Waals surface area contributed by atoms with Gasteiger partial charge in [-0.2, -0.15) is 0 Å². The molecule has 0 bridgehead atoms. The highest BCUT2D eigenvalue weighted by Crippen LogP contribution is 2.31. The number of halogens is 1. The van der Waals surface area contributed by atoms with Gasteiger partial charge in [-0.1, -0.05) is 41.9 Å². The maximum atomic E-state index is 13.1. The maximum Gasteiger partial charge on any atom is 0.356 e. The summed E-state index contributed by atoms with van der Waals surface area (Å²) in [4.78, 5) is 38.2. The molecule has 1 amide bonds. The van der Waals surface area contributed by atoms with Crippen molar-refractivity contribution in [2.75, 3.05) is 19.8 Å². The molecule has 1 saturated heterocycles. The number of esters is 1. The molecular formula is C24H23ClN2O5. The van der Waals surface area contributed by atoms with Crippen molar-refractivity contribution >= 4 is 34.2 Å². The predicted octanol–water partition coefficient (Wildman–Crippen LogP) is 3.31. The van der Waals surface area contributed by atoms with Crippen LogP contribution in [0.25, 0.3) is 21.9 Å². The van der Waals surface area contributed by atoms with Gasteiger partial charge in [0.25, 0.3) is 11.5 Å². The lowest BCUT2D eigenvalue weighted by molar-refractivity contribution is -0.124. The Hall–Kier alpha value is -3.16. The van der Waals surface area contributed by atoms with E-state index in [0.717, 1.165) is 12.8 Å². The molecule has 8 heteroatoms. The molecule has 1 aliphatic rings. The molecule has 1 fully saturated rings. The van der Waals surface area contributed by atoms with Crippen LogP contribution in [0.5, 0.6) is 0 Å². The zero-order chi connectivity index (χ0) is 22.7. The molecule has 3 aromatic rings. The number of fused-ring (bicyclic) bond motifs is 1. The largest absolute Gasteiger partial charge is 0.451 e. The van der Waals surface area contributed by atoms with Crippen LogP contribution in [0.2, 0.25) is 5.02 Å². The molecule has 4 rings (SSSR count). The molecule has 1 aliphatic heterocycles. The number of carbonyl (C=O) groups is 2. The molecule has 1 aromatic heterocycles. The molecule has 2 aromatic carbocycles. The maximum absolute atomic E-state index is 13.1. The molecule has 1 unspecified atom stereocenters. The summed E-state index contributed by atoms with van der Waals surface area (Å²) in [6.07, 6.45) is 1.86. The molecule has 0 spiro atoms. The highest BCUT2D eigenvalue weighted by atomic mass is 35.5. The van der Waals surface area contributed by atoms with Gasteiger partial charge >= 0.3 is 5.97 Å². The van der Waals surface area contributed by atoms with Crippen molar-refractivity contribution in [3.63, 3.8) is 0 Å². The Kier molecular flexibility index (Phi) is 6.58. The molecule has 0 aliphatic carbocycles. The van der Waals surface area contributed by atoms with Gasteiger partial charge in [0.1, 0.15) is 5.69 Å². The fourth-order valence-corrected chi connectivity index (χ4v) is 4.02. The molecule has 32 heavy (non-hydrogen) atoms. The lowest BCUT2D eigenvalue weighted by Crippen LogP contribution is -2.35. The molecule has 1 N–H and O–H groups in total. The number of nitrogens with zero attached hydrogens (tertiary/aromatic N) is 1. The summed E-state index contributed by atoms with van der Waals surface area (Å²) in [7, 11) is 1.52. The zero-order valence-electron chi connectivity index (χ0n) is 17.6. The molecule has 0 saturated carbocycles. The summed E-state index contributed by atoms with van der Waals surface area (Å²) in [6.45, 7) is 0.618. The average molecular weight is 455 g/mol. The minimum absolute atomic E-state index is 0.00697. The third-order valence-electron chi connectivity index (χ3n) is 5.52. The van der Waals surface area contributed by atoms with Gasteiger partial charge in [-0.15, -0.1) is 0 Å². The lowest BCUT2D eigenvalue weighted by atomic mass is 9.97. The Morgan fingerprint density at radius 2 is 1.88 bits per heavy atom. The summed E-state index contributed by atoms with van der Waals surface area (Å²) in [5.74, 6) is -1.18. The first-order valence-electron chi connectivity index (χ1n) is 10.4. The second-order valence-electron chi connectivity index (χ2n) is 7.66. The second kappa shape index (κ2) is 9.54. The van der Waals surface area contributed by atoms with Crippen molar-refractivity contribution in [1.29, 1.82) is 0 Å². The van der Waals surface area contributed by atoms with E-state index in [1.165, 1.54) is 11.6 Å². The summed E-state index contributed by atoms with van der Waals surface area (Å²) in [5, 5.41) is 4.36. The zero-order valence-corrected chi connectivity index (χ0v) is 18.4. The van der Waals surface area contributed by atoms with E-state index < -0.39 is 18.5 Å². The summed E-state index contributed by atoms with van der Waals surface area (Å²) < 4.78 is 12.0. The number of nitrogens with one attached hydrogen (secondary N) is 1. The van der Waals surface area contributed by atoms with Gasteiger partial charge in [0.2, 0.25) is 0 Å². The van der Waals surface area contributed by atoms with Crippen LogP contribution in [0.3, 0.4) is 0 Å². The Labute approximate surface area is 189 Å². The first kappa shape index (κ1) is 22.0. The van der Waals surface area contributed by atoms with Gasteiger partial charge in [0.15, 0.2) is 6.61 Å². The molecule has 0 radical (unpaired) electrons. The first-order chi connectivity index (χ1) is 15.5. The van der Waals surface area contributed by atoms with Gasteiger partial charge < -0.3 is 19.4 Å². The fourth-order valence-electron chi connectivity index (χ4n) is 3.90. The number of hydrogen-bond donors (Lipinski definition) is 1. The number of ether oxygens (including phenoxy) is 2. The summed E-state index contributed by atoms with van der Waals surface area (Å²) in [6, 6.07) is 14.0. The smallest absolute Gasteiger partial charge is 0.356 e. The van der Waals surface area contributed by atoms with Crippen molar-refractivity contribution < 1.29 is 19.1 Å². The summed E-state index contributed by atoms with van der Waals surface area (Å²) in [5.41, 5.74) is 0.996. The number of hydrogen-bond acceptors (Lipinski definition) is 5.